The van der Waals surface area contributed by atoms with Crippen molar-refractivity contribution < 1.29 is 9.47 Å². The van der Waals surface area contributed by atoms with E-state index in [-0.39, 0.29) is 0 Å². The molecule has 1 aliphatic carbocycles. The molecule has 182 valence electrons. The number of hydrogen-bond donors (Lipinski definition) is 1. The first kappa shape index (κ1) is 25.6. The van der Waals surface area contributed by atoms with E-state index < -0.39 is 0 Å². The summed E-state index contributed by atoms with van der Waals surface area (Å²) in [6, 6.07) is 15.6. The lowest BCUT2D eigenvalue weighted by atomic mass is 9.86. The largest absolute Gasteiger partial charge is 0.497 e. The van der Waals surface area contributed by atoms with Gasteiger partial charge in [-0.2, -0.15) is 0 Å². The first-order valence-electron chi connectivity index (χ1n) is 13.0. The second-order valence-corrected chi connectivity index (χ2v) is 9.29. The highest BCUT2D eigenvalue weighted by atomic mass is 16.5. The van der Waals surface area contributed by atoms with E-state index in [1.165, 1.54) is 74.7 Å². The normalized spacial score (nSPS) is 15.5. The summed E-state index contributed by atoms with van der Waals surface area (Å²) in [7, 11) is 3.51. The van der Waals surface area contributed by atoms with Crippen molar-refractivity contribution in [3.8, 4) is 11.5 Å². The van der Waals surface area contributed by atoms with Crippen LogP contribution < -0.4 is 14.8 Å². The second-order valence-electron chi connectivity index (χ2n) is 9.29. The summed E-state index contributed by atoms with van der Waals surface area (Å²) in [4.78, 5) is 2.76. The van der Waals surface area contributed by atoms with Gasteiger partial charge < -0.3 is 19.7 Å². The predicted molar refractivity (Wildman–Crippen MR) is 139 cm³/mol. The van der Waals surface area contributed by atoms with Gasteiger partial charge >= 0.3 is 0 Å². The number of unbranched alkanes of at least 4 members (excludes halogenated alkanes) is 3. The molecule has 33 heavy (non-hydrogen) atoms. The van der Waals surface area contributed by atoms with Crippen LogP contribution in [0, 0.1) is 0 Å². The van der Waals surface area contributed by atoms with Crippen LogP contribution >= 0.6 is 0 Å². The Morgan fingerprint density at radius 2 is 1.73 bits per heavy atom. The van der Waals surface area contributed by atoms with Crippen molar-refractivity contribution in [2.45, 2.75) is 70.8 Å². The van der Waals surface area contributed by atoms with E-state index in [0.29, 0.717) is 6.04 Å². The smallest absolute Gasteiger partial charge is 0.122 e. The molecular weight excluding hydrogens is 408 g/mol. The molecule has 3 rings (SSSR count). The molecule has 2 aromatic rings. The van der Waals surface area contributed by atoms with Gasteiger partial charge in [-0.05, 0) is 106 Å². The highest BCUT2D eigenvalue weighted by Crippen LogP contribution is 2.31. The molecule has 1 aliphatic rings. The van der Waals surface area contributed by atoms with Gasteiger partial charge in [-0.15, -0.1) is 0 Å². The van der Waals surface area contributed by atoms with Crippen LogP contribution in [0.3, 0.4) is 0 Å². The molecular formula is C29H44N2O2. The first-order valence-corrected chi connectivity index (χ1v) is 13.0. The van der Waals surface area contributed by atoms with Crippen molar-refractivity contribution >= 4 is 0 Å². The fraction of sp³-hybridized carbons (Fsp3) is 0.586. The Hall–Kier alpha value is -2.04. The molecule has 2 aromatic carbocycles. The van der Waals surface area contributed by atoms with Crippen molar-refractivity contribution in [2.75, 3.05) is 40.4 Å². The lowest BCUT2D eigenvalue weighted by molar-refractivity contribution is 0.175. The minimum Gasteiger partial charge on any atom is -0.497 e. The van der Waals surface area contributed by atoms with Crippen LogP contribution in [0.5, 0.6) is 11.5 Å². The van der Waals surface area contributed by atoms with Crippen molar-refractivity contribution in [2.24, 2.45) is 0 Å². The van der Waals surface area contributed by atoms with Crippen LogP contribution in [0.4, 0.5) is 0 Å². The third-order valence-corrected chi connectivity index (χ3v) is 6.96. The van der Waals surface area contributed by atoms with Gasteiger partial charge in [0, 0.05) is 6.04 Å². The molecule has 0 saturated carbocycles. The summed E-state index contributed by atoms with van der Waals surface area (Å²) >= 11 is 0. The molecule has 0 unspecified atom stereocenters. The van der Waals surface area contributed by atoms with Crippen LogP contribution in [-0.4, -0.2) is 51.3 Å². The Balaban J connectivity index is 1.29. The first-order chi connectivity index (χ1) is 16.2. The summed E-state index contributed by atoms with van der Waals surface area (Å²) in [6.45, 7) is 6.94. The van der Waals surface area contributed by atoms with Crippen LogP contribution in [-0.2, 0) is 19.3 Å². The fourth-order valence-electron chi connectivity index (χ4n) is 5.09. The molecule has 0 radical (unpaired) electrons. The number of rotatable bonds is 15. The van der Waals surface area contributed by atoms with Gasteiger partial charge in [-0.3, -0.25) is 0 Å². The van der Waals surface area contributed by atoms with Crippen molar-refractivity contribution in [3.05, 3.63) is 59.2 Å². The molecule has 1 atom stereocenters. The van der Waals surface area contributed by atoms with E-state index in [0.717, 1.165) is 37.4 Å². The molecule has 0 aromatic heterocycles. The fourth-order valence-corrected chi connectivity index (χ4v) is 5.09. The molecule has 0 aliphatic heterocycles. The van der Waals surface area contributed by atoms with Crippen LogP contribution in [0.15, 0.2) is 42.5 Å². The van der Waals surface area contributed by atoms with E-state index in [1.807, 2.05) is 12.1 Å². The lowest BCUT2D eigenvalue weighted by Crippen LogP contribution is -2.40. The van der Waals surface area contributed by atoms with Gasteiger partial charge in [0.05, 0.1) is 14.2 Å². The maximum Gasteiger partial charge on any atom is 0.122 e. The van der Waals surface area contributed by atoms with Crippen LogP contribution in [0.1, 0.15) is 62.1 Å². The van der Waals surface area contributed by atoms with E-state index in [1.54, 1.807) is 14.2 Å². The van der Waals surface area contributed by atoms with Crippen molar-refractivity contribution in [3.63, 3.8) is 0 Å². The lowest BCUT2D eigenvalue weighted by Gasteiger charge is -2.35. The SMILES string of the molecule is CCCN(CCCCCCNCCc1ccc(OC)cc1)[C@H]1CCc2c(cccc2OC)C1. The van der Waals surface area contributed by atoms with Gasteiger partial charge in [0.2, 0.25) is 0 Å². The highest BCUT2D eigenvalue weighted by molar-refractivity contribution is 5.42. The Morgan fingerprint density at radius 3 is 2.48 bits per heavy atom. The molecule has 1 N–H and O–H groups in total. The molecule has 4 nitrogen and oxygen atoms in total. The number of hydrogen-bond acceptors (Lipinski definition) is 4. The average Bonchev–Trinajstić information content (AvgIpc) is 2.86. The third-order valence-electron chi connectivity index (χ3n) is 6.96. The van der Waals surface area contributed by atoms with Gasteiger partial charge in [-0.1, -0.05) is 44.0 Å². The minimum atomic E-state index is 0.684. The zero-order chi connectivity index (χ0) is 23.3. The summed E-state index contributed by atoms with van der Waals surface area (Å²) < 4.78 is 10.8. The summed E-state index contributed by atoms with van der Waals surface area (Å²) in [5, 5.41) is 3.60. The van der Waals surface area contributed by atoms with E-state index in [4.69, 9.17) is 9.47 Å². The Morgan fingerprint density at radius 1 is 0.909 bits per heavy atom. The maximum absolute atomic E-state index is 5.59. The van der Waals surface area contributed by atoms with Gasteiger partial charge in [0.15, 0.2) is 0 Å². The number of nitrogens with zero attached hydrogens (tertiary/aromatic N) is 1. The topological polar surface area (TPSA) is 33.7 Å². The zero-order valence-electron chi connectivity index (χ0n) is 21.1. The minimum absolute atomic E-state index is 0.684. The summed E-state index contributed by atoms with van der Waals surface area (Å²) in [6.07, 6.45) is 11.1. The molecule has 0 fully saturated rings. The molecule has 4 heteroatoms. The van der Waals surface area contributed by atoms with Gasteiger partial charge in [0.25, 0.3) is 0 Å². The van der Waals surface area contributed by atoms with E-state index in [2.05, 4.69) is 47.5 Å². The van der Waals surface area contributed by atoms with Crippen molar-refractivity contribution in [1.82, 2.24) is 10.2 Å². The van der Waals surface area contributed by atoms with Crippen LogP contribution in [0.25, 0.3) is 0 Å². The number of ether oxygens (including phenoxy) is 2. The molecule has 0 bridgehead atoms. The number of nitrogens with one attached hydrogen (secondary N) is 1. The Bertz CT molecular complexity index is 806. The predicted octanol–water partition coefficient (Wildman–Crippen LogP) is 5.67. The summed E-state index contributed by atoms with van der Waals surface area (Å²) in [5.41, 5.74) is 4.29. The van der Waals surface area contributed by atoms with E-state index >= 15 is 0 Å². The Labute approximate surface area is 201 Å². The van der Waals surface area contributed by atoms with Gasteiger partial charge in [0.1, 0.15) is 11.5 Å². The molecule has 0 heterocycles. The third kappa shape index (κ3) is 8.04. The molecule has 0 saturated heterocycles. The average molecular weight is 453 g/mol. The monoisotopic (exact) mass is 452 g/mol. The van der Waals surface area contributed by atoms with Gasteiger partial charge in [-0.25, -0.2) is 0 Å². The number of fused-ring (bicyclic) bond motifs is 1. The standard InChI is InChI=1S/C29H44N2O2/c1-4-21-31(26-14-17-28-25(23-26)10-9-11-29(28)33-3)22-8-6-5-7-19-30-20-18-24-12-15-27(32-2)16-13-24/h9-13,15-16,26,30H,4-8,14,17-23H2,1-3H3/t26-/m0/s1. The summed E-state index contributed by atoms with van der Waals surface area (Å²) in [5.74, 6) is 2.00. The van der Waals surface area contributed by atoms with E-state index in [9.17, 15) is 0 Å². The second kappa shape index (κ2) is 14.3. The Kier molecular flexibility index (Phi) is 11.1. The zero-order valence-corrected chi connectivity index (χ0v) is 21.1. The number of methoxy groups -OCH3 is 2. The maximum atomic E-state index is 5.59. The quantitative estimate of drug-likeness (QED) is 0.353. The number of benzene rings is 2. The highest BCUT2D eigenvalue weighted by Gasteiger charge is 2.25. The van der Waals surface area contributed by atoms with Crippen molar-refractivity contribution in [1.29, 1.82) is 0 Å². The van der Waals surface area contributed by atoms with Crippen LogP contribution in [0.2, 0.25) is 0 Å². The molecule has 0 amide bonds. The molecule has 0 spiro atoms.